The van der Waals surface area contributed by atoms with Crippen LogP contribution in [0.15, 0.2) is 120 Å². The zero-order chi connectivity index (χ0) is 25.5. The third kappa shape index (κ3) is 9.21. The second-order valence-electron chi connectivity index (χ2n) is 7.72. The lowest BCUT2D eigenvalue weighted by molar-refractivity contribution is 1.21. The van der Waals surface area contributed by atoms with Crippen molar-refractivity contribution < 1.29 is 0 Å². The summed E-state index contributed by atoms with van der Waals surface area (Å²) in [5, 5.41) is 0. The second kappa shape index (κ2) is 14.7. The summed E-state index contributed by atoms with van der Waals surface area (Å²) in [6.07, 6.45) is 14.7. The maximum absolute atomic E-state index is 4.73. The van der Waals surface area contributed by atoms with Crippen molar-refractivity contribution in [3.8, 4) is 23.7 Å². The molecule has 0 saturated heterocycles. The van der Waals surface area contributed by atoms with Crippen LogP contribution in [0.5, 0.6) is 0 Å². The van der Waals surface area contributed by atoms with Gasteiger partial charge in [0.15, 0.2) is 0 Å². The van der Waals surface area contributed by atoms with Crippen LogP contribution in [0.3, 0.4) is 0 Å². The van der Waals surface area contributed by atoms with Crippen LogP contribution in [0.25, 0.3) is 5.70 Å². The fourth-order valence-corrected chi connectivity index (χ4v) is 3.17. The van der Waals surface area contributed by atoms with E-state index in [0.717, 1.165) is 51.2 Å². The third-order valence-electron chi connectivity index (χ3n) is 4.94. The van der Waals surface area contributed by atoms with E-state index >= 15 is 0 Å². The van der Waals surface area contributed by atoms with Gasteiger partial charge in [-0.05, 0) is 68.7 Å². The summed E-state index contributed by atoms with van der Waals surface area (Å²) in [6.45, 7) is 16.0. The van der Waals surface area contributed by atoms with Gasteiger partial charge in [0.05, 0.1) is 5.70 Å². The van der Waals surface area contributed by atoms with Gasteiger partial charge >= 0.3 is 0 Å². The number of allylic oxidation sites excluding steroid dienone is 9. The molecule has 2 rings (SSSR count). The molecule has 0 unspecified atom stereocenters. The number of hydrogen-bond acceptors (Lipinski definition) is 1. The van der Waals surface area contributed by atoms with Crippen LogP contribution in [0.1, 0.15) is 56.4 Å². The lowest BCUT2D eigenvalue weighted by atomic mass is 10.1. The number of hydrogen-bond donors (Lipinski definition) is 0. The Hall–Kier alpha value is -4.33. The van der Waals surface area contributed by atoms with E-state index < -0.39 is 0 Å². The van der Waals surface area contributed by atoms with Crippen LogP contribution in [-0.2, 0) is 0 Å². The topological polar surface area (TPSA) is 12.4 Å². The van der Waals surface area contributed by atoms with Gasteiger partial charge in [-0.3, -0.25) is 4.99 Å². The monoisotopic (exact) mass is 455 g/mol. The van der Waals surface area contributed by atoms with Crippen molar-refractivity contribution in [3.05, 3.63) is 138 Å². The molecule has 2 aromatic carbocycles. The maximum atomic E-state index is 4.73. The largest absolute Gasteiger partial charge is 0.253 e. The fraction of sp³-hybridized carbons (Fsp3) is 0.147. The summed E-state index contributed by atoms with van der Waals surface area (Å²) in [7, 11) is 0. The molecule has 0 aromatic heterocycles. The van der Waals surface area contributed by atoms with Gasteiger partial charge in [0, 0.05) is 28.0 Å². The number of nitrogens with zero attached hydrogens (tertiary/aromatic N) is 1. The normalized spacial score (nSPS) is 12.2. The molecule has 0 bridgehead atoms. The standard InChI is InChI=1S/C34H33N/c1-7-11-29(12-8-2)15-17-31-19-23-33(24-20-31)27(5)35-28(6)34-25-21-32(22-26-34)18-16-30(13-9-3)14-10-4/h7-9,11-14,19-26H,1,6,10H2,2-5H3/b12-8-,13-9-,29-11+,30-14+,35-27?. The van der Waals surface area contributed by atoms with Crippen molar-refractivity contribution in [1.29, 1.82) is 0 Å². The van der Waals surface area contributed by atoms with E-state index in [4.69, 9.17) is 4.99 Å². The first-order valence-electron chi connectivity index (χ1n) is 11.8. The van der Waals surface area contributed by atoms with Gasteiger partial charge in [-0.2, -0.15) is 0 Å². The van der Waals surface area contributed by atoms with E-state index in [1.165, 1.54) is 0 Å². The number of benzene rings is 2. The van der Waals surface area contributed by atoms with E-state index in [1.807, 2.05) is 99.7 Å². The van der Waals surface area contributed by atoms with Crippen LogP contribution in [0, 0.1) is 23.7 Å². The molecule has 1 nitrogen and oxygen atoms in total. The third-order valence-corrected chi connectivity index (χ3v) is 4.94. The van der Waals surface area contributed by atoms with Gasteiger partial charge in [0.25, 0.3) is 0 Å². The molecule has 0 saturated carbocycles. The number of aliphatic imine (C=N–C) groups is 1. The quantitative estimate of drug-likeness (QED) is 0.225. The molecule has 0 aliphatic heterocycles. The minimum Gasteiger partial charge on any atom is -0.253 e. The second-order valence-corrected chi connectivity index (χ2v) is 7.72. The molecule has 0 heterocycles. The molecule has 174 valence electrons. The number of rotatable bonds is 7. The lowest BCUT2D eigenvalue weighted by Crippen LogP contribution is -1.95. The molecule has 0 N–H and O–H groups in total. The van der Waals surface area contributed by atoms with Gasteiger partial charge in [0.2, 0.25) is 0 Å². The highest BCUT2D eigenvalue weighted by atomic mass is 14.7. The molecule has 0 aliphatic rings. The van der Waals surface area contributed by atoms with Crippen LogP contribution in [0.2, 0.25) is 0 Å². The Morgan fingerprint density at radius 1 is 0.829 bits per heavy atom. The van der Waals surface area contributed by atoms with Crippen molar-refractivity contribution in [2.75, 3.05) is 0 Å². The van der Waals surface area contributed by atoms with Gasteiger partial charge in [0.1, 0.15) is 0 Å². The van der Waals surface area contributed by atoms with Crippen molar-refractivity contribution in [2.24, 2.45) is 4.99 Å². The summed E-state index contributed by atoms with van der Waals surface area (Å²) in [6, 6.07) is 16.1. The van der Waals surface area contributed by atoms with Gasteiger partial charge in [-0.1, -0.05) is 104 Å². The molecule has 35 heavy (non-hydrogen) atoms. The molecule has 0 aliphatic carbocycles. The Bertz CT molecular complexity index is 1300. The van der Waals surface area contributed by atoms with Crippen LogP contribution >= 0.6 is 0 Å². The predicted octanol–water partition coefficient (Wildman–Crippen LogP) is 8.47. The van der Waals surface area contributed by atoms with Crippen molar-refractivity contribution in [3.63, 3.8) is 0 Å². The molecule has 0 atom stereocenters. The lowest BCUT2D eigenvalue weighted by Gasteiger charge is -2.05. The van der Waals surface area contributed by atoms with Crippen LogP contribution in [0.4, 0.5) is 0 Å². The van der Waals surface area contributed by atoms with E-state index in [1.54, 1.807) is 6.08 Å². The SMILES string of the molecule is C=C/C=C(C#Cc1ccc(C(C)=NC(=C)c2ccc(C#CC(/C=C\C)=C/CC)cc2)cc1)\C=C/C. The highest BCUT2D eigenvalue weighted by Gasteiger charge is 2.02. The molecule has 0 fully saturated rings. The molecule has 0 radical (unpaired) electrons. The summed E-state index contributed by atoms with van der Waals surface area (Å²) < 4.78 is 0. The maximum Gasteiger partial charge on any atom is 0.0633 e. The zero-order valence-corrected chi connectivity index (χ0v) is 21.2. The van der Waals surface area contributed by atoms with Crippen molar-refractivity contribution in [1.82, 2.24) is 0 Å². The van der Waals surface area contributed by atoms with E-state index in [9.17, 15) is 0 Å². The van der Waals surface area contributed by atoms with Crippen molar-refractivity contribution in [2.45, 2.75) is 34.1 Å². The van der Waals surface area contributed by atoms with E-state index in [-0.39, 0.29) is 0 Å². The molecule has 0 spiro atoms. The van der Waals surface area contributed by atoms with Crippen molar-refractivity contribution >= 4 is 11.4 Å². The zero-order valence-electron chi connectivity index (χ0n) is 21.2. The van der Waals surface area contributed by atoms with E-state index in [0.29, 0.717) is 0 Å². The van der Waals surface area contributed by atoms with Gasteiger partial charge in [-0.15, -0.1) is 0 Å². The average Bonchev–Trinajstić information content (AvgIpc) is 2.87. The first-order valence-corrected chi connectivity index (χ1v) is 11.8. The molecular weight excluding hydrogens is 422 g/mol. The summed E-state index contributed by atoms with van der Waals surface area (Å²) in [5.74, 6) is 12.8. The Kier molecular flexibility index (Phi) is 11.3. The first kappa shape index (κ1) is 26.9. The smallest absolute Gasteiger partial charge is 0.0633 e. The highest BCUT2D eigenvalue weighted by molar-refractivity contribution is 6.01. The Morgan fingerprint density at radius 2 is 1.34 bits per heavy atom. The molecular formula is C34H33N. The van der Waals surface area contributed by atoms with Gasteiger partial charge < -0.3 is 0 Å². The summed E-state index contributed by atoms with van der Waals surface area (Å²) in [4.78, 5) is 4.73. The van der Waals surface area contributed by atoms with Crippen LogP contribution in [-0.4, -0.2) is 5.71 Å². The minimum atomic E-state index is 0.719. The van der Waals surface area contributed by atoms with Crippen LogP contribution < -0.4 is 0 Å². The first-order chi connectivity index (χ1) is 17.0. The van der Waals surface area contributed by atoms with Gasteiger partial charge in [-0.25, -0.2) is 0 Å². The Morgan fingerprint density at radius 3 is 1.86 bits per heavy atom. The van der Waals surface area contributed by atoms with E-state index in [2.05, 4.69) is 49.8 Å². The summed E-state index contributed by atoms with van der Waals surface area (Å²) in [5.41, 5.74) is 7.50. The fourth-order valence-electron chi connectivity index (χ4n) is 3.17. The highest BCUT2D eigenvalue weighted by Crippen LogP contribution is 2.17. The molecule has 2 aromatic rings. The predicted molar refractivity (Wildman–Crippen MR) is 154 cm³/mol. The summed E-state index contributed by atoms with van der Waals surface area (Å²) >= 11 is 0. The average molecular weight is 456 g/mol. The molecule has 0 amide bonds. The Balaban J connectivity index is 2.13. The minimum absolute atomic E-state index is 0.719. The molecule has 1 heteroatoms. The Labute approximate surface area is 211 Å².